The molecule has 2 atom stereocenters. The number of hydrogen-bond donors (Lipinski definition) is 1. The van der Waals surface area contributed by atoms with Crippen molar-refractivity contribution in [3.8, 4) is 0 Å². The third-order valence-electron chi connectivity index (χ3n) is 3.02. The minimum Gasteiger partial charge on any atom is -0.313 e. The minimum atomic E-state index is -3.66. The molecule has 0 aliphatic heterocycles. The van der Waals surface area contributed by atoms with Crippen LogP contribution in [0.4, 0.5) is 0 Å². The first-order chi connectivity index (χ1) is 8.00. The predicted molar refractivity (Wildman–Crippen MR) is 65.8 cm³/mol. The van der Waals surface area contributed by atoms with Gasteiger partial charge in [0.25, 0.3) is 10.1 Å². The highest BCUT2D eigenvalue weighted by atomic mass is 32.2. The molecule has 1 aromatic carbocycles. The molecule has 0 radical (unpaired) electrons. The van der Waals surface area contributed by atoms with Crippen molar-refractivity contribution in [3.63, 3.8) is 0 Å². The molecule has 2 rings (SSSR count). The summed E-state index contributed by atoms with van der Waals surface area (Å²) < 4.78 is 28.5. The number of benzene rings is 1. The van der Waals surface area contributed by atoms with Crippen molar-refractivity contribution >= 4 is 10.1 Å². The first-order valence-corrected chi connectivity index (χ1v) is 7.23. The van der Waals surface area contributed by atoms with Gasteiger partial charge >= 0.3 is 0 Å². The second kappa shape index (κ2) is 4.76. The van der Waals surface area contributed by atoms with Crippen molar-refractivity contribution in [1.29, 1.82) is 0 Å². The van der Waals surface area contributed by atoms with E-state index in [1.54, 1.807) is 0 Å². The molecule has 5 heteroatoms. The Hall–Kier alpha value is -0.910. The van der Waals surface area contributed by atoms with Gasteiger partial charge < -0.3 is 5.73 Å². The summed E-state index contributed by atoms with van der Waals surface area (Å²) in [5.74, 6) is 0. The van der Waals surface area contributed by atoms with Crippen molar-refractivity contribution in [2.45, 2.75) is 37.7 Å². The smallest absolute Gasteiger partial charge is 0.283 e. The Morgan fingerprint density at radius 3 is 2.82 bits per heavy atom. The topological polar surface area (TPSA) is 69.4 Å². The van der Waals surface area contributed by atoms with Crippen molar-refractivity contribution < 1.29 is 12.6 Å². The third-order valence-corrected chi connectivity index (χ3v) is 4.43. The molecular weight excluding hydrogens is 238 g/mol. The van der Waals surface area contributed by atoms with E-state index >= 15 is 0 Å². The molecule has 17 heavy (non-hydrogen) atoms. The van der Waals surface area contributed by atoms with Gasteiger partial charge in [0.15, 0.2) is 0 Å². The second-order valence-electron chi connectivity index (χ2n) is 4.37. The first kappa shape index (κ1) is 12.5. The van der Waals surface area contributed by atoms with Crippen LogP contribution in [-0.2, 0) is 20.7 Å². The van der Waals surface area contributed by atoms with Crippen LogP contribution in [0.25, 0.3) is 0 Å². The fraction of sp³-hybridized carbons (Fsp3) is 0.500. The van der Waals surface area contributed by atoms with E-state index in [1.807, 2.05) is 24.3 Å². The molecule has 0 heterocycles. The van der Waals surface area contributed by atoms with Gasteiger partial charge in [-0.05, 0) is 37.3 Å². The van der Waals surface area contributed by atoms with E-state index in [1.165, 1.54) is 12.5 Å². The van der Waals surface area contributed by atoms with Gasteiger partial charge in [-0.25, -0.2) is 0 Å². The first-order valence-electron chi connectivity index (χ1n) is 5.76. The van der Waals surface area contributed by atoms with Crippen LogP contribution in [0, 0.1) is 0 Å². The maximum atomic E-state index is 11.7. The van der Waals surface area contributed by atoms with Crippen LogP contribution in [0.2, 0.25) is 0 Å². The van der Waals surface area contributed by atoms with E-state index in [-0.39, 0.29) is 6.10 Å². The average molecular weight is 255 g/mol. The Balaban J connectivity index is 2.25. The summed E-state index contributed by atoms with van der Waals surface area (Å²) in [4.78, 5) is 0. The highest BCUT2D eigenvalue weighted by Crippen LogP contribution is 2.33. The quantitative estimate of drug-likeness (QED) is 0.835. The van der Waals surface area contributed by atoms with Crippen molar-refractivity contribution in [2.75, 3.05) is 0 Å². The molecule has 2 N–H and O–H groups in total. The summed E-state index contributed by atoms with van der Waals surface area (Å²) in [6, 6.07) is 7.81. The Kier molecular flexibility index (Phi) is 3.51. The minimum absolute atomic E-state index is 0.379. The zero-order valence-electron chi connectivity index (χ0n) is 9.80. The lowest BCUT2D eigenvalue weighted by Gasteiger charge is -2.25. The molecule has 0 saturated heterocycles. The van der Waals surface area contributed by atoms with E-state index in [4.69, 9.17) is 9.92 Å². The van der Waals surface area contributed by atoms with Gasteiger partial charge in [0.1, 0.15) is 11.5 Å². The molecular formula is C12H17NO3S. The van der Waals surface area contributed by atoms with Crippen LogP contribution in [0.15, 0.2) is 24.3 Å². The molecule has 2 unspecified atom stereocenters. The van der Waals surface area contributed by atoms with E-state index in [2.05, 4.69) is 0 Å². The predicted octanol–water partition coefficient (Wildman–Crippen LogP) is 1.72. The number of rotatable bonds is 3. The maximum Gasteiger partial charge on any atom is 0.283 e. The summed E-state index contributed by atoms with van der Waals surface area (Å²) in [6.07, 6.45) is 2.27. The Morgan fingerprint density at radius 1 is 1.41 bits per heavy atom. The SMILES string of the molecule is CC(N)S(=O)(=O)OC1CCCc2ccccc21. The summed E-state index contributed by atoms with van der Waals surface area (Å²) >= 11 is 0. The average Bonchev–Trinajstić information content (AvgIpc) is 2.29. The monoisotopic (exact) mass is 255 g/mol. The summed E-state index contributed by atoms with van der Waals surface area (Å²) in [7, 11) is -3.66. The zero-order valence-corrected chi connectivity index (χ0v) is 10.6. The van der Waals surface area contributed by atoms with E-state index in [9.17, 15) is 8.42 Å². The van der Waals surface area contributed by atoms with Crippen molar-refractivity contribution in [1.82, 2.24) is 0 Å². The molecule has 1 aromatic rings. The normalized spacial score (nSPS) is 21.9. The van der Waals surface area contributed by atoms with Crippen LogP contribution < -0.4 is 5.73 Å². The van der Waals surface area contributed by atoms with Crippen LogP contribution in [0.3, 0.4) is 0 Å². The zero-order chi connectivity index (χ0) is 12.5. The van der Waals surface area contributed by atoms with Gasteiger partial charge in [-0.2, -0.15) is 8.42 Å². The molecule has 0 fully saturated rings. The second-order valence-corrected chi connectivity index (χ2v) is 6.30. The molecule has 94 valence electrons. The van der Waals surface area contributed by atoms with E-state index in [0.717, 1.165) is 24.8 Å². The molecule has 0 amide bonds. The van der Waals surface area contributed by atoms with Gasteiger partial charge in [0.2, 0.25) is 0 Å². The lowest BCUT2D eigenvalue weighted by molar-refractivity contribution is 0.188. The van der Waals surface area contributed by atoms with Gasteiger partial charge in [0.05, 0.1) is 0 Å². The Bertz CT molecular complexity index is 496. The number of nitrogens with two attached hydrogens (primary N) is 1. The number of aryl methyl sites for hydroxylation is 1. The Labute approximate surface area is 102 Å². The molecule has 0 bridgehead atoms. The number of fused-ring (bicyclic) bond motifs is 1. The van der Waals surface area contributed by atoms with Crippen LogP contribution in [0.1, 0.15) is 37.0 Å². The van der Waals surface area contributed by atoms with Gasteiger partial charge in [0, 0.05) is 0 Å². The highest BCUT2D eigenvalue weighted by molar-refractivity contribution is 7.87. The van der Waals surface area contributed by atoms with Crippen LogP contribution in [-0.4, -0.2) is 13.8 Å². The van der Waals surface area contributed by atoms with Crippen LogP contribution in [0.5, 0.6) is 0 Å². The summed E-state index contributed by atoms with van der Waals surface area (Å²) in [6.45, 7) is 1.42. The molecule has 0 spiro atoms. The standard InChI is InChI=1S/C12H17NO3S/c1-9(13)17(14,15)16-12-8-4-6-10-5-2-3-7-11(10)12/h2-3,5,7,9,12H,4,6,8,13H2,1H3. The highest BCUT2D eigenvalue weighted by Gasteiger charge is 2.27. The van der Waals surface area contributed by atoms with Gasteiger partial charge in [-0.3, -0.25) is 4.18 Å². The molecule has 1 aliphatic carbocycles. The van der Waals surface area contributed by atoms with Crippen molar-refractivity contribution in [2.24, 2.45) is 5.73 Å². The summed E-state index contributed by atoms with van der Waals surface area (Å²) in [5, 5.41) is -0.989. The fourth-order valence-corrected chi connectivity index (χ4v) is 2.76. The maximum absolute atomic E-state index is 11.7. The number of hydrogen-bond acceptors (Lipinski definition) is 4. The Morgan fingerprint density at radius 2 is 2.12 bits per heavy atom. The molecule has 4 nitrogen and oxygen atoms in total. The molecule has 1 aliphatic rings. The summed E-state index contributed by atoms with van der Waals surface area (Å²) in [5.41, 5.74) is 7.54. The fourth-order valence-electron chi connectivity index (χ4n) is 2.06. The van der Waals surface area contributed by atoms with E-state index < -0.39 is 15.5 Å². The lowest BCUT2D eigenvalue weighted by atomic mass is 9.90. The van der Waals surface area contributed by atoms with Crippen molar-refractivity contribution in [3.05, 3.63) is 35.4 Å². The van der Waals surface area contributed by atoms with Gasteiger partial charge in [-0.1, -0.05) is 24.3 Å². The largest absolute Gasteiger partial charge is 0.313 e. The van der Waals surface area contributed by atoms with Gasteiger partial charge in [-0.15, -0.1) is 0 Å². The van der Waals surface area contributed by atoms with Crippen LogP contribution >= 0.6 is 0 Å². The van der Waals surface area contributed by atoms with E-state index in [0.29, 0.717) is 0 Å². The molecule has 0 aromatic heterocycles. The third kappa shape index (κ3) is 2.68. The lowest BCUT2D eigenvalue weighted by Crippen LogP contribution is -2.30. The molecule has 0 saturated carbocycles.